The van der Waals surface area contributed by atoms with Crippen LogP contribution in [0.15, 0.2) is 88.9 Å². The zero-order chi connectivity index (χ0) is 20.8. The van der Waals surface area contributed by atoms with Gasteiger partial charge in [-0.2, -0.15) is 5.10 Å². The Morgan fingerprint density at radius 2 is 1.80 bits per heavy atom. The molecule has 2 aromatic heterocycles. The molecule has 0 bridgehead atoms. The quantitative estimate of drug-likeness (QED) is 0.302. The van der Waals surface area contributed by atoms with Crippen molar-refractivity contribution in [1.29, 1.82) is 0 Å². The van der Waals surface area contributed by atoms with Crippen molar-refractivity contribution < 1.29 is 19.1 Å². The summed E-state index contributed by atoms with van der Waals surface area (Å²) in [5.41, 5.74) is 4.44. The number of rotatable bonds is 6. The molecule has 2 aromatic carbocycles. The van der Waals surface area contributed by atoms with Gasteiger partial charge in [-0.05, 0) is 46.9 Å². The highest BCUT2D eigenvalue weighted by Crippen LogP contribution is 2.28. The van der Waals surface area contributed by atoms with Crippen LogP contribution in [0.4, 0.5) is 0 Å². The molecule has 0 saturated heterocycles. The van der Waals surface area contributed by atoms with Crippen molar-refractivity contribution in [2.45, 2.75) is 0 Å². The summed E-state index contributed by atoms with van der Waals surface area (Å²) in [6, 6.07) is 19.0. The molecule has 30 heavy (non-hydrogen) atoms. The third-order valence-corrected chi connectivity index (χ3v) is 4.05. The number of hydrogen-bond acceptors (Lipinski definition) is 7. The highest BCUT2D eigenvalue weighted by molar-refractivity contribution is 5.94. The molecule has 9 nitrogen and oxygen atoms in total. The summed E-state index contributed by atoms with van der Waals surface area (Å²) in [5.74, 6) is 0.181. The van der Waals surface area contributed by atoms with Crippen LogP contribution in [0, 0.1) is 5.21 Å². The SMILES string of the molecule is O=C(N/N=C/c1ccc(Oc2no[n+]([O-])c2-c2ccccc2)cc1)c1ccncc1. The van der Waals surface area contributed by atoms with Gasteiger partial charge in [0.25, 0.3) is 11.6 Å². The lowest BCUT2D eigenvalue weighted by molar-refractivity contribution is -0.793. The summed E-state index contributed by atoms with van der Waals surface area (Å²) in [7, 11) is 0. The highest BCUT2D eigenvalue weighted by Gasteiger charge is 2.23. The van der Waals surface area contributed by atoms with E-state index in [1.54, 1.807) is 60.7 Å². The molecule has 4 aromatic rings. The maximum atomic E-state index is 11.9. The summed E-state index contributed by atoms with van der Waals surface area (Å²) >= 11 is 0. The number of carbonyl (C=O) groups is 1. The van der Waals surface area contributed by atoms with Crippen molar-refractivity contribution in [3.8, 4) is 22.9 Å². The molecule has 0 atom stereocenters. The summed E-state index contributed by atoms with van der Waals surface area (Å²) < 4.78 is 10.4. The van der Waals surface area contributed by atoms with Crippen molar-refractivity contribution in [3.63, 3.8) is 0 Å². The van der Waals surface area contributed by atoms with Gasteiger partial charge < -0.3 is 9.94 Å². The normalized spacial score (nSPS) is 10.8. The van der Waals surface area contributed by atoms with Crippen LogP contribution in [-0.4, -0.2) is 22.3 Å². The topological polar surface area (TPSA) is 117 Å². The number of hydrazone groups is 1. The molecule has 0 radical (unpaired) electrons. The molecule has 0 unspecified atom stereocenters. The van der Waals surface area contributed by atoms with E-state index in [9.17, 15) is 10.0 Å². The van der Waals surface area contributed by atoms with Gasteiger partial charge in [-0.15, -0.1) is 0 Å². The van der Waals surface area contributed by atoms with E-state index in [1.807, 2.05) is 6.07 Å². The Kier molecular flexibility index (Phi) is 5.43. The van der Waals surface area contributed by atoms with E-state index in [1.165, 1.54) is 18.6 Å². The summed E-state index contributed by atoms with van der Waals surface area (Å²) in [5, 5.41) is 19.5. The predicted molar refractivity (Wildman–Crippen MR) is 107 cm³/mol. The van der Waals surface area contributed by atoms with Gasteiger partial charge in [0.1, 0.15) is 5.75 Å². The van der Waals surface area contributed by atoms with Crippen LogP contribution >= 0.6 is 0 Å². The Labute approximate surface area is 170 Å². The van der Waals surface area contributed by atoms with Crippen molar-refractivity contribution in [2.75, 3.05) is 0 Å². The third kappa shape index (κ3) is 4.30. The minimum atomic E-state index is -0.334. The summed E-state index contributed by atoms with van der Waals surface area (Å²) in [6.45, 7) is 0. The highest BCUT2D eigenvalue weighted by atomic mass is 16.8. The van der Waals surface area contributed by atoms with Crippen LogP contribution in [0.2, 0.25) is 0 Å². The molecule has 0 aliphatic rings. The van der Waals surface area contributed by atoms with Gasteiger partial charge in [0.05, 0.1) is 11.4 Å². The van der Waals surface area contributed by atoms with Gasteiger partial charge in [0.2, 0.25) is 0 Å². The first-order chi connectivity index (χ1) is 14.7. The predicted octanol–water partition coefficient (Wildman–Crippen LogP) is 2.93. The number of carbonyl (C=O) groups excluding carboxylic acids is 1. The van der Waals surface area contributed by atoms with Crippen LogP contribution in [-0.2, 0) is 0 Å². The fourth-order valence-corrected chi connectivity index (χ4v) is 2.60. The molecule has 0 spiro atoms. The Morgan fingerprint density at radius 3 is 2.53 bits per heavy atom. The van der Waals surface area contributed by atoms with E-state index in [0.29, 0.717) is 21.8 Å². The Hall–Kier alpha value is -4.53. The second-order valence-electron chi connectivity index (χ2n) is 6.06. The van der Waals surface area contributed by atoms with E-state index in [2.05, 4.69) is 25.3 Å². The largest absolute Gasteiger partial charge is 0.416 e. The first-order valence-corrected chi connectivity index (χ1v) is 8.87. The number of pyridine rings is 1. The second-order valence-corrected chi connectivity index (χ2v) is 6.06. The fourth-order valence-electron chi connectivity index (χ4n) is 2.60. The molecule has 0 saturated carbocycles. The van der Waals surface area contributed by atoms with Gasteiger partial charge in [-0.3, -0.25) is 14.4 Å². The number of aromatic nitrogens is 3. The van der Waals surface area contributed by atoms with E-state index < -0.39 is 0 Å². The molecule has 0 aliphatic heterocycles. The monoisotopic (exact) mass is 401 g/mol. The lowest BCUT2D eigenvalue weighted by Crippen LogP contribution is -2.25. The van der Waals surface area contributed by atoms with Crippen molar-refractivity contribution >= 4 is 12.1 Å². The molecule has 1 N–H and O–H groups in total. The minimum absolute atomic E-state index is 0.0576. The number of ether oxygens (including phenoxy) is 1. The van der Waals surface area contributed by atoms with Crippen molar-refractivity contribution in [3.05, 3.63) is 95.5 Å². The first kappa shape index (κ1) is 18.8. The number of nitrogens with one attached hydrogen (secondary N) is 1. The summed E-state index contributed by atoms with van der Waals surface area (Å²) in [6.07, 6.45) is 4.56. The fraction of sp³-hybridized carbons (Fsp3) is 0. The second kappa shape index (κ2) is 8.65. The first-order valence-electron chi connectivity index (χ1n) is 8.87. The number of amides is 1. The van der Waals surface area contributed by atoms with Gasteiger partial charge in [0, 0.05) is 23.5 Å². The number of nitrogens with zero attached hydrogens (tertiary/aromatic N) is 4. The van der Waals surface area contributed by atoms with Gasteiger partial charge in [0.15, 0.2) is 0 Å². The smallest absolute Gasteiger partial charge is 0.408 e. The Balaban J connectivity index is 1.42. The molecule has 9 heteroatoms. The van der Waals surface area contributed by atoms with E-state index in [-0.39, 0.29) is 17.5 Å². The average Bonchev–Trinajstić information content (AvgIpc) is 3.16. The molecule has 0 aliphatic carbocycles. The maximum Gasteiger partial charge on any atom is 0.408 e. The molecular weight excluding hydrogens is 386 g/mol. The minimum Gasteiger partial charge on any atom is -0.416 e. The van der Waals surface area contributed by atoms with Crippen LogP contribution in [0.1, 0.15) is 15.9 Å². The maximum absolute atomic E-state index is 11.9. The number of hydrogen-bond donors (Lipinski definition) is 1. The van der Waals surface area contributed by atoms with Crippen LogP contribution in [0.5, 0.6) is 11.6 Å². The van der Waals surface area contributed by atoms with E-state index in [0.717, 1.165) is 5.56 Å². The molecule has 0 fully saturated rings. The average molecular weight is 401 g/mol. The lowest BCUT2D eigenvalue weighted by Gasteiger charge is -2.02. The summed E-state index contributed by atoms with van der Waals surface area (Å²) in [4.78, 5) is 16.1. The number of benzene rings is 2. The van der Waals surface area contributed by atoms with Crippen LogP contribution < -0.4 is 15.1 Å². The molecule has 2 heterocycles. The third-order valence-electron chi connectivity index (χ3n) is 4.05. The Morgan fingerprint density at radius 1 is 1.07 bits per heavy atom. The van der Waals surface area contributed by atoms with Crippen molar-refractivity contribution in [1.82, 2.24) is 15.6 Å². The lowest BCUT2D eigenvalue weighted by atomic mass is 10.2. The van der Waals surface area contributed by atoms with Gasteiger partial charge in [-0.25, -0.2) is 5.43 Å². The zero-order valence-corrected chi connectivity index (χ0v) is 15.5. The molecular formula is C21H15N5O4. The molecule has 1 amide bonds. The standard InChI is InChI=1S/C21H15N5O4/c27-20(17-10-12-22-13-11-17)24-23-14-15-6-8-18(9-7-15)29-21-19(26(28)30-25-21)16-4-2-1-3-5-16/h1-14H,(H,24,27)/b23-14+. The van der Waals surface area contributed by atoms with E-state index >= 15 is 0 Å². The molecule has 148 valence electrons. The zero-order valence-electron chi connectivity index (χ0n) is 15.5. The van der Waals surface area contributed by atoms with Gasteiger partial charge >= 0.3 is 5.88 Å². The van der Waals surface area contributed by atoms with Crippen LogP contribution in [0.3, 0.4) is 0 Å². The van der Waals surface area contributed by atoms with Gasteiger partial charge in [-0.1, -0.05) is 30.3 Å². The van der Waals surface area contributed by atoms with Crippen molar-refractivity contribution in [2.24, 2.45) is 5.10 Å². The molecule has 4 rings (SSSR count). The van der Waals surface area contributed by atoms with E-state index in [4.69, 9.17) is 4.74 Å². The van der Waals surface area contributed by atoms with Crippen LogP contribution in [0.25, 0.3) is 11.3 Å². The Bertz CT molecular complexity index is 1160.